The maximum absolute atomic E-state index is 14.6. The Morgan fingerprint density at radius 2 is 1.87 bits per heavy atom. The van der Waals surface area contributed by atoms with E-state index in [1.807, 2.05) is 34.7 Å². The van der Waals surface area contributed by atoms with Crippen LogP contribution in [0.5, 0.6) is 0 Å². The van der Waals surface area contributed by atoms with Gasteiger partial charge in [0.2, 0.25) is 0 Å². The van der Waals surface area contributed by atoms with E-state index < -0.39 is 23.5 Å². The van der Waals surface area contributed by atoms with Gasteiger partial charge >= 0.3 is 6.18 Å². The van der Waals surface area contributed by atoms with Crippen molar-refractivity contribution in [2.24, 2.45) is 13.0 Å². The van der Waals surface area contributed by atoms with Gasteiger partial charge in [-0.05, 0) is 68.0 Å². The summed E-state index contributed by atoms with van der Waals surface area (Å²) in [4.78, 5) is 13.1. The summed E-state index contributed by atoms with van der Waals surface area (Å²) in [6.45, 7) is 7.55. The molecule has 1 amide bonds. The molecule has 0 unspecified atom stereocenters. The molecule has 0 bridgehead atoms. The predicted octanol–water partition coefficient (Wildman–Crippen LogP) is 6.28. The first kappa shape index (κ1) is 27.0. The molecule has 2 heterocycles. The van der Waals surface area contributed by atoms with Crippen LogP contribution in [0.15, 0.2) is 42.7 Å². The van der Waals surface area contributed by atoms with Gasteiger partial charge in [0.05, 0.1) is 23.6 Å². The quantitative estimate of drug-likeness (QED) is 0.286. The van der Waals surface area contributed by atoms with Gasteiger partial charge < -0.3 is 5.32 Å². The van der Waals surface area contributed by atoms with E-state index in [0.29, 0.717) is 23.9 Å². The molecule has 11 heteroatoms. The van der Waals surface area contributed by atoms with Gasteiger partial charge in [0.15, 0.2) is 0 Å². The number of aryl methyl sites for hydroxylation is 3. The number of alkyl halides is 3. The zero-order chi connectivity index (χ0) is 27.8. The fraction of sp³-hybridized carbons (Fsp3) is 0.333. The molecule has 4 aromatic rings. The molecular weight excluding hydrogens is 500 g/mol. The van der Waals surface area contributed by atoms with Crippen molar-refractivity contribution in [1.82, 2.24) is 24.8 Å². The van der Waals surface area contributed by atoms with Crippen molar-refractivity contribution in [3.05, 3.63) is 76.5 Å². The van der Waals surface area contributed by atoms with E-state index in [1.54, 1.807) is 35.3 Å². The highest BCUT2D eigenvalue weighted by molar-refractivity contribution is 6.04. The number of amides is 1. The van der Waals surface area contributed by atoms with Gasteiger partial charge in [-0.15, -0.1) is 5.10 Å². The number of halogens is 4. The van der Waals surface area contributed by atoms with Crippen LogP contribution in [-0.4, -0.2) is 30.7 Å². The molecule has 7 nitrogen and oxygen atoms in total. The Labute approximate surface area is 217 Å². The van der Waals surface area contributed by atoms with Crippen molar-refractivity contribution in [3.63, 3.8) is 0 Å². The Balaban J connectivity index is 1.64. The first-order valence-corrected chi connectivity index (χ1v) is 12.1. The third-order valence-electron chi connectivity index (χ3n) is 6.42. The lowest BCUT2D eigenvalue weighted by molar-refractivity contribution is -0.140. The van der Waals surface area contributed by atoms with Crippen LogP contribution in [0.4, 0.5) is 23.2 Å². The smallest absolute Gasteiger partial charge is 0.322 e. The highest BCUT2D eigenvalue weighted by atomic mass is 19.4. The second-order valence-electron chi connectivity index (χ2n) is 9.70. The summed E-state index contributed by atoms with van der Waals surface area (Å²) < 4.78 is 58.5. The highest BCUT2D eigenvalue weighted by Crippen LogP contribution is 2.35. The monoisotopic (exact) mass is 528 g/mol. The van der Waals surface area contributed by atoms with Gasteiger partial charge in [-0.3, -0.25) is 9.48 Å². The standard InChI is InChI=1S/C27H28F4N6O/c1-15(2)6-8-18-10-20(12-22(25(18)28)27(29,30)31)33-26(38)19-9-7-16(3)24(11-19)37-14-23(34-35-37)21-13-32-36(5)17(21)4/h7,9-15H,6,8H2,1-5H3,(H,33,38). The van der Waals surface area contributed by atoms with Crippen molar-refractivity contribution in [2.45, 2.75) is 46.7 Å². The van der Waals surface area contributed by atoms with Crippen LogP contribution in [0, 0.1) is 25.6 Å². The summed E-state index contributed by atoms with van der Waals surface area (Å²) >= 11 is 0. The van der Waals surface area contributed by atoms with Gasteiger partial charge in [-0.2, -0.15) is 18.3 Å². The minimum atomic E-state index is -4.90. The first-order valence-electron chi connectivity index (χ1n) is 12.1. The molecule has 2 aromatic carbocycles. The number of carbonyl (C=O) groups excluding carboxylic acids is 1. The fourth-order valence-electron chi connectivity index (χ4n) is 4.04. The topological polar surface area (TPSA) is 77.6 Å². The minimum Gasteiger partial charge on any atom is -0.322 e. The Hall–Kier alpha value is -4.02. The zero-order valence-corrected chi connectivity index (χ0v) is 21.7. The van der Waals surface area contributed by atoms with Crippen LogP contribution < -0.4 is 5.32 Å². The number of nitrogens with zero attached hydrogens (tertiary/aromatic N) is 5. The number of carbonyl (C=O) groups is 1. The summed E-state index contributed by atoms with van der Waals surface area (Å²) in [5, 5.41) is 15.1. The predicted molar refractivity (Wildman–Crippen MR) is 136 cm³/mol. The Morgan fingerprint density at radius 3 is 2.50 bits per heavy atom. The number of rotatable bonds is 7. The number of nitrogens with one attached hydrogen (secondary N) is 1. The SMILES string of the molecule is Cc1ccc(C(=O)Nc2cc(CCC(C)C)c(F)c(C(F)(F)F)c2)cc1-n1cc(-c2cnn(C)c2C)nn1. The van der Waals surface area contributed by atoms with Gasteiger partial charge in [-0.1, -0.05) is 25.1 Å². The molecule has 38 heavy (non-hydrogen) atoms. The molecule has 2 aromatic heterocycles. The third kappa shape index (κ3) is 5.61. The van der Waals surface area contributed by atoms with Crippen molar-refractivity contribution in [1.29, 1.82) is 0 Å². The summed E-state index contributed by atoms with van der Waals surface area (Å²) in [7, 11) is 1.82. The minimum absolute atomic E-state index is 0.0886. The van der Waals surface area contributed by atoms with Gasteiger partial charge in [-0.25, -0.2) is 9.07 Å². The van der Waals surface area contributed by atoms with Crippen LogP contribution in [0.1, 0.15) is 53.0 Å². The average molecular weight is 529 g/mol. The molecule has 200 valence electrons. The number of benzene rings is 2. The van der Waals surface area contributed by atoms with Crippen LogP contribution in [0.3, 0.4) is 0 Å². The third-order valence-corrected chi connectivity index (χ3v) is 6.42. The van der Waals surface area contributed by atoms with Crippen molar-refractivity contribution >= 4 is 11.6 Å². The van der Waals surface area contributed by atoms with Crippen molar-refractivity contribution in [3.8, 4) is 16.9 Å². The summed E-state index contributed by atoms with van der Waals surface area (Å²) in [5.41, 5.74) is 2.28. The normalized spacial score (nSPS) is 11.8. The molecule has 0 atom stereocenters. The lowest BCUT2D eigenvalue weighted by Gasteiger charge is -2.16. The molecule has 0 aliphatic rings. The van der Waals surface area contributed by atoms with E-state index in [4.69, 9.17) is 0 Å². The van der Waals surface area contributed by atoms with E-state index in [9.17, 15) is 22.4 Å². The van der Waals surface area contributed by atoms with Crippen molar-refractivity contribution < 1.29 is 22.4 Å². The largest absolute Gasteiger partial charge is 0.419 e. The van der Waals surface area contributed by atoms with Gasteiger partial charge in [0.1, 0.15) is 11.5 Å². The van der Waals surface area contributed by atoms with Crippen LogP contribution >= 0.6 is 0 Å². The maximum atomic E-state index is 14.6. The zero-order valence-electron chi connectivity index (χ0n) is 21.7. The first-order chi connectivity index (χ1) is 17.8. The Morgan fingerprint density at radius 1 is 1.13 bits per heavy atom. The number of hydrogen-bond acceptors (Lipinski definition) is 4. The summed E-state index contributed by atoms with van der Waals surface area (Å²) in [6.07, 6.45) is -0.869. The van der Waals surface area contributed by atoms with E-state index >= 15 is 0 Å². The summed E-state index contributed by atoms with van der Waals surface area (Å²) in [6, 6.07) is 6.74. The molecule has 0 saturated heterocycles. The molecule has 0 radical (unpaired) electrons. The fourth-order valence-corrected chi connectivity index (χ4v) is 4.04. The van der Waals surface area contributed by atoms with E-state index in [-0.39, 0.29) is 29.2 Å². The Bertz CT molecular complexity index is 1490. The lowest BCUT2D eigenvalue weighted by atomic mass is 9.99. The van der Waals surface area contributed by atoms with E-state index in [2.05, 4.69) is 20.7 Å². The van der Waals surface area contributed by atoms with Gasteiger partial charge in [0, 0.05) is 29.6 Å². The maximum Gasteiger partial charge on any atom is 0.419 e. The lowest BCUT2D eigenvalue weighted by Crippen LogP contribution is -2.16. The summed E-state index contributed by atoms with van der Waals surface area (Å²) in [5.74, 6) is -1.77. The number of anilines is 1. The van der Waals surface area contributed by atoms with E-state index in [0.717, 1.165) is 16.8 Å². The number of aromatic nitrogens is 5. The molecule has 0 aliphatic carbocycles. The average Bonchev–Trinajstić information content (AvgIpc) is 3.45. The van der Waals surface area contributed by atoms with E-state index in [1.165, 1.54) is 10.7 Å². The van der Waals surface area contributed by atoms with Crippen LogP contribution in [-0.2, 0) is 19.6 Å². The molecular formula is C27H28F4N6O. The molecule has 0 fully saturated rings. The van der Waals surface area contributed by atoms with Gasteiger partial charge in [0.25, 0.3) is 5.91 Å². The van der Waals surface area contributed by atoms with Crippen LogP contribution in [0.2, 0.25) is 0 Å². The molecule has 0 aliphatic heterocycles. The second kappa shape index (κ2) is 10.4. The van der Waals surface area contributed by atoms with Crippen LogP contribution in [0.25, 0.3) is 16.9 Å². The molecule has 0 saturated carbocycles. The highest BCUT2D eigenvalue weighted by Gasteiger charge is 2.35. The second-order valence-corrected chi connectivity index (χ2v) is 9.70. The molecule has 4 rings (SSSR count). The molecule has 0 spiro atoms. The van der Waals surface area contributed by atoms with Crippen molar-refractivity contribution in [2.75, 3.05) is 5.32 Å². The molecule has 1 N–H and O–H groups in total. The Kier molecular flexibility index (Phi) is 7.39. The number of hydrogen-bond donors (Lipinski definition) is 1.